The fourth-order valence-corrected chi connectivity index (χ4v) is 2.89. The third-order valence-corrected chi connectivity index (χ3v) is 3.95. The maximum Gasteiger partial charge on any atom is 0.228 e. The molecule has 126 valence electrons. The number of amides is 2. The lowest BCUT2D eigenvalue weighted by Crippen LogP contribution is -2.41. The second-order valence-electron chi connectivity index (χ2n) is 6.23. The Kier molecular flexibility index (Phi) is 4.59. The molecule has 0 saturated heterocycles. The van der Waals surface area contributed by atoms with E-state index in [4.69, 9.17) is 0 Å². The highest BCUT2D eigenvalue weighted by atomic mass is 16.2. The average Bonchev–Trinajstić information content (AvgIpc) is 2.92. The molecule has 24 heavy (non-hydrogen) atoms. The summed E-state index contributed by atoms with van der Waals surface area (Å²) in [7, 11) is 0. The van der Waals surface area contributed by atoms with Crippen molar-refractivity contribution in [1.29, 1.82) is 0 Å². The van der Waals surface area contributed by atoms with E-state index in [2.05, 4.69) is 22.3 Å². The molecule has 0 bridgehead atoms. The SMILES string of the molecule is Cc1cc2n(n1)CC(C)CN2C(=O)CCC(=O)Nc1cccnc1. The summed E-state index contributed by atoms with van der Waals surface area (Å²) in [6.45, 7) is 5.48. The van der Waals surface area contributed by atoms with Gasteiger partial charge in [0.15, 0.2) is 0 Å². The Labute approximate surface area is 140 Å². The number of aromatic nitrogens is 3. The van der Waals surface area contributed by atoms with E-state index in [1.54, 1.807) is 29.4 Å². The van der Waals surface area contributed by atoms with Gasteiger partial charge in [-0.05, 0) is 25.0 Å². The molecule has 2 amide bonds. The van der Waals surface area contributed by atoms with Crippen LogP contribution in [0.4, 0.5) is 11.5 Å². The van der Waals surface area contributed by atoms with Crippen LogP contribution in [-0.4, -0.2) is 33.1 Å². The van der Waals surface area contributed by atoms with Gasteiger partial charge < -0.3 is 5.32 Å². The minimum Gasteiger partial charge on any atom is -0.325 e. The molecule has 2 aromatic rings. The Morgan fingerprint density at radius 1 is 1.33 bits per heavy atom. The molecule has 7 nitrogen and oxygen atoms in total. The largest absolute Gasteiger partial charge is 0.325 e. The summed E-state index contributed by atoms with van der Waals surface area (Å²) in [5.74, 6) is 0.920. The Bertz CT molecular complexity index is 741. The number of hydrogen-bond acceptors (Lipinski definition) is 4. The van der Waals surface area contributed by atoms with Gasteiger partial charge in [0.1, 0.15) is 5.82 Å². The van der Waals surface area contributed by atoms with Crippen LogP contribution in [0.5, 0.6) is 0 Å². The van der Waals surface area contributed by atoms with Crippen molar-refractivity contribution >= 4 is 23.3 Å². The van der Waals surface area contributed by atoms with Crippen molar-refractivity contribution in [3.63, 3.8) is 0 Å². The summed E-state index contributed by atoms with van der Waals surface area (Å²) in [5, 5.41) is 7.16. The molecule has 1 N–H and O–H groups in total. The molecule has 0 aliphatic carbocycles. The number of pyridine rings is 1. The van der Waals surface area contributed by atoms with Crippen molar-refractivity contribution in [1.82, 2.24) is 14.8 Å². The van der Waals surface area contributed by atoms with Crippen LogP contribution in [0.3, 0.4) is 0 Å². The topological polar surface area (TPSA) is 80.1 Å². The minimum absolute atomic E-state index is 0.0518. The summed E-state index contributed by atoms with van der Waals surface area (Å²) >= 11 is 0. The molecule has 1 unspecified atom stereocenters. The fourth-order valence-electron chi connectivity index (χ4n) is 2.89. The molecule has 0 fully saturated rings. The summed E-state index contributed by atoms with van der Waals surface area (Å²) in [6.07, 6.45) is 3.53. The van der Waals surface area contributed by atoms with Crippen molar-refractivity contribution in [2.45, 2.75) is 33.2 Å². The van der Waals surface area contributed by atoms with Gasteiger partial charge in [0.2, 0.25) is 11.8 Å². The zero-order chi connectivity index (χ0) is 17.1. The van der Waals surface area contributed by atoms with Crippen molar-refractivity contribution in [2.75, 3.05) is 16.8 Å². The van der Waals surface area contributed by atoms with Gasteiger partial charge in [0.25, 0.3) is 0 Å². The zero-order valence-electron chi connectivity index (χ0n) is 13.9. The number of carbonyl (C=O) groups is 2. The highest BCUT2D eigenvalue weighted by Gasteiger charge is 2.27. The predicted molar refractivity (Wildman–Crippen MR) is 90.6 cm³/mol. The van der Waals surface area contributed by atoms with Gasteiger partial charge in [-0.2, -0.15) is 5.10 Å². The Balaban J connectivity index is 1.60. The molecule has 0 saturated carbocycles. The number of carbonyl (C=O) groups excluding carboxylic acids is 2. The standard InChI is InChI=1S/C17H21N5O2/c1-12-10-21(16-8-13(2)20-22(16)11-12)17(24)6-5-15(23)19-14-4-3-7-18-9-14/h3-4,7-9,12H,5-6,10-11H2,1-2H3,(H,19,23). The van der Waals surface area contributed by atoms with Crippen LogP contribution in [-0.2, 0) is 16.1 Å². The molecule has 7 heteroatoms. The quantitative estimate of drug-likeness (QED) is 0.931. The molecule has 2 aromatic heterocycles. The van der Waals surface area contributed by atoms with Crippen LogP contribution < -0.4 is 10.2 Å². The van der Waals surface area contributed by atoms with E-state index in [-0.39, 0.29) is 24.7 Å². The first-order valence-electron chi connectivity index (χ1n) is 8.07. The Morgan fingerprint density at radius 2 is 2.17 bits per heavy atom. The Hall–Kier alpha value is -2.70. The van der Waals surface area contributed by atoms with Gasteiger partial charge in [-0.25, -0.2) is 4.68 Å². The lowest BCUT2D eigenvalue weighted by molar-refractivity contribution is -0.122. The van der Waals surface area contributed by atoms with E-state index in [1.807, 2.05) is 17.7 Å². The van der Waals surface area contributed by atoms with Crippen molar-refractivity contribution in [3.8, 4) is 0 Å². The van der Waals surface area contributed by atoms with Crippen LogP contribution in [0.15, 0.2) is 30.6 Å². The second kappa shape index (κ2) is 6.82. The molecule has 3 heterocycles. The molecule has 1 aliphatic rings. The van der Waals surface area contributed by atoms with Gasteiger partial charge in [-0.3, -0.25) is 19.5 Å². The first kappa shape index (κ1) is 16.2. The number of nitrogens with one attached hydrogen (secondary N) is 1. The summed E-state index contributed by atoms with van der Waals surface area (Å²) < 4.78 is 1.87. The number of rotatable bonds is 4. The first-order chi connectivity index (χ1) is 11.5. The van der Waals surface area contributed by atoms with Crippen LogP contribution in [0.1, 0.15) is 25.5 Å². The number of anilines is 2. The van der Waals surface area contributed by atoms with Gasteiger partial charge >= 0.3 is 0 Å². The summed E-state index contributed by atoms with van der Waals surface area (Å²) in [4.78, 5) is 30.2. The fraction of sp³-hybridized carbons (Fsp3) is 0.412. The number of aryl methyl sites for hydroxylation is 1. The normalized spacial score (nSPS) is 16.6. The number of fused-ring (bicyclic) bond motifs is 1. The van der Waals surface area contributed by atoms with Gasteiger partial charge in [-0.15, -0.1) is 0 Å². The molecule has 1 aliphatic heterocycles. The van der Waals surface area contributed by atoms with E-state index in [1.165, 1.54) is 0 Å². The molecule has 0 radical (unpaired) electrons. The highest BCUT2D eigenvalue weighted by molar-refractivity contribution is 5.97. The molecule has 0 aromatic carbocycles. The molecular weight excluding hydrogens is 306 g/mol. The van der Waals surface area contributed by atoms with Crippen molar-refractivity contribution in [3.05, 3.63) is 36.3 Å². The van der Waals surface area contributed by atoms with Crippen LogP contribution >= 0.6 is 0 Å². The third-order valence-electron chi connectivity index (χ3n) is 3.95. The van der Waals surface area contributed by atoms with Crippen LogP contribution in [0.25, 0.3) is 0 Å². The van der Waals surface area contributed by atoms with Crippen molar-refractivity contribution in [2.24, 2.45) is 5.92 Å². The van der Waals surface area contributed by atoms with E-state index in [9.17, 15) is 9.59 Å². The summed E-state index contributed by atoms with van der Waals surface area (Å²) in [6, 6.07) is 5.43. The zero-order valence-corrected chi connectivity index (χ0v) is 13.9. The van der Waals surface area contributed by atoms with E-state index in [0.717, 1.165) is 18.1 Å². The third kappa shape index (κ3) is 3.61. The molecular formula is C17H21N5O2. The van der Waals surface area contributed by atoms with E-state index < -0.39 is 0 Å². The van der Waals surface area contributed by atoms with Crippen molar-refractivity contribution < 1.29 is 9.59 Å². The van der Waals surface area contributed by atoms with Crippen LogP contribution in [0, 0.1) is 12.8 Å². The summed E-state index contributed by atoms with van der Waals surface area (Å²) in [5.41, 5.74) is 1.53. The second-order valence-corrected chi connectivity index (χ2v) is 6.23. The highest BCUT2D eigenvalue weighted by Crippen LogP contribution is 2.25. The first-order valence-corrected chi connectivity index (χ1v) is 8.07. The number of nitrogens with zero attached hydrogens (tertiary/aromatic N) is 4. The predicted octanol–water partition coefficient (Wildman–Crippen LogP) is 1.99. The molecule has 1 atom stereocenters. The minimum atomic E-state index is -0.189. The monoisotopic (exact) mass is 327 g/mol. The molecule has 3 rings (SSSR count). The van der Waals surface area contributed by atoms with E-state index in [0.29, 0.717) is 18.2 Å². The Morgan fingerprint density at radius 3 is 2.92 bits per heavy atom. The van der Waals surface area contributed by atoms with Gasteiger partial charge in [0.05, 0.1) is 17.6 Å². The average molecular weight is 327 g/mol. The molecule has 0 spiro atoms. The maximum absolute atomic E-state index is 12.6. The van der Waals surface area contributed by atoms with Gasteiger partial charge in [-0.1, -0.05) is 6.92 Å². The number of hydrogen-bond donors (Lipinski definition) is 1. The maximum atomic E-state index is 12.6. The smallest absolute Gasteiger partial charge is 0.228 e. The lowest BCUT2D eigenvalue weighted by atomic mass is 10.1. The van der Waals surface area contributed by atoms with Crippen LogP contribution in [0.2, 0.25) is 0 Å². The van der Waals surface area contributed by atoms with E-state index >= 15 is 0 Å². The van der Waals surface area contributed by atoms with Gasteiger partial charge in [0, 0.05) is 38.2 Å². The lowest BCUT2D eigenvalue weighted by Gasteiger charge is -2.31.